The molecule has 134 valence electrons. The molecule has 9 nitrogen and oxygen atoms in total. The second-order valence-corrected chi connectivity index (χ2v) is 7.74. The minimum atomic E-state index is -4.64. The molecule has 0 aliphatic carbocycles. The second kappa shape index (κ2) is 9.99. The van der Waals surface area contributed by atoms with Crippen molar-refractivity contribution >= 4 is 23.5 Å². The topological polar surface area (TPSA) is 162 Å². The number of benzene rings is 1. The van der Waals surface area contributed by atoms with Gasteiger partial charge in [-0.05, 0) is 31.5 Å². The molecule has 1 aromatic carbocycles. The van der Waals surface area contributed by atoms with Crippen molar-refractivity contribution in [2.24, 2.45) is 0 Å². The van der Waals surface area contributed by atoms with Gasteiger partial charge in [0, 0.05) is 18.8 Å². The molecule has 0 atom stereocenters. The van der Waals surface area contributed by atoms with Gasteiger partial charge in [-0.15, -0.1) is 0 Å². The van der Waals surface area contributed by atoms with Gasteiger partial charge < -0.3 is 25.7 Å². The lowest BCUT2D eigenvalue weighted by Gasteiger charge is -2.08. The predicted octanol–water partition coefficient (Wildman–Crippen LogP) is -0.670. The molecule has 7 N–H and O–H groups in total. The Morgan fingerprint density at radius 2 is 1.74 bits per heavy atom. The Kier molecular flexibility index (Phi) is 9.55. The van der Waals surface area contributed by atoms with Gasteiger partial charge in [0.15, 0.2) is 0 Å². The summed E-state index contributed by atoms with van der Waals surface area (Å²) in [7, 11) is -7.72. The molecule has 0 aromatic heterocycles. The van der Waals surface area contributed by atoms with Gasteiger partial charge >= 0.3 is 7.82 Å². The number of sulfonamides is 1. The first kappa shape index (κ1) is 22.0. The molecule has 0 fully saturated rings. The molecule has 1 rings (SSSR count). The first-order valence-corrected chi connectivity index (χ1v) is 10.1. The van der Waals surface area contributed by atoms with Crippen molar-refractivity contribution in [1.82, 2.24) is 10.0 Å². The van der Waals surface area contributed by atoms with E-state index in [-0.39, 0.29) is 0 Å². The van der Waals surface area contributed by atoms with Crippen LogP contribution in [0, 0.1) is 6.92 Å². The van der Waals surface area contributed by atoms with E-state index in [2.05, 4.69) is 16.1 Å². The number of hydrogen-bond donors (Lipinski definition) is 6. The number of phosphoric acid groups is 1. The summed E-state index contributed by atoms with van der Waals surface area (Å²) in [5.41, 5.74) is 8.99. The fourth-order valence-electron chi connectivity index (χ4n) is 1.62. The monoisotopic (exact) mass is 369 g/mol. The van der Waals surface area contributed by atoms with Crippen LogP contribution in [0.3, 0.4) is 0 Å². The van der Waals surface area contributed by atoms with Crippen LogP contribution in [0.5, 0.6) is 0 Å². The summed E-state index contributed by atoms with van der Waals surface area (Å²) >= 11 is 0. The smallest absolute Gasteiger partial charge is 0.399 e. The number of nitrogens with two attached hydrogens (primary N) is 1. The van der Waals surface area contributed by atoms with Gasteiger partial charge in [-0.2, -0.15) is 0 Å². The first-order valence-electron chi connectivity index (χ1n) is 6.67. The molecule has 0 aliphatic heterocycles. The lowest BCUT2D eigenvalue weighted by molar-refractivity contribution is 0.275. The highest BCUT2D eigenvalue weighted by atomic mass is 32.2. The molecule has 0 aliphatic rings. The van der Waals surface area contributed by atoms with Crippen LogP contribution in [0.25, 0.3) is 0 Å². The Labute approximate surface area is 136 Å². The molecule has 0 radical (unpaired) electrons. The van der Waals surface area contributed by atoms with Crippen LogP contribution >= 0.6 is 7.82 Å². The van der Waals surface area contributed by atoms with Crippen LogP contribution in [-0.2, 0) is 21.0 Å². The molecule has 0 bridgehead atoms. The van der Waals surface area contributed by atoms with Gasteiger partial charge in [0.1, 0.15) is 0 Å². The zero-order chi connectivity index (χ0) is 18.1. The molecule has 0 saturated heterocycles. The lowest BCUT2D eigenvalue weighted by atomic mass is 10.1. The number of nitrogen functional groups attached to an aromatic ring is 1. The van der Waals surface area contributed by atoms with Crippen LogP contribution in [0.2, 0.25) is 0 Å². The quantitative estimate of drug-likeness (QED) is 0.209. The largest absolute Gasteiger partial charge is 0.466 e. The van der Waals surface area contributed by atoms with Gasteiger partial charge in [-0.1, -0.05) is 17.7 Å². The van der Waals surface area contributed by atoms with E-state index in [1.165, 1.54) is 5.56 Å². The van der Waals surface area contributed by atoms with Crippen molar-refractivity contribution in [2.45, 2.75) is 13.3 Å². The maximum absolute atomic E-state index is 10.8. The fraction of sp³-hybridized carbons (Fsp3) is 0.500. The van der Waals surface area contributed by atoms with Gasteiger partial charge in [-0.25, -0.2) is 17.7 Å². The highest BCUT2D eigenvalue weighted by Gasteiger charge is 2.01. The molecule has 0 spiro atoms. The number of nitrogens with one attached hydrogen (secondary N) is 2. The standard InChI is InChI=1S/C12H21N3O2S.H3O4P/c1-10-3-4-12(13)11(9-10)5-6-14-7-8-15-18(2,16)17;1-5(2,3)4/h3-4,9,14-15H,5-8,13H2,1-2H3;(H3,1,2,3,4). The third kappa shape index (κ3) is 15.7. The SMILES string of the molecule is Cc1ccc(N)c(CCNCCNS(C)(=O)=O)c1.O=P(O)(O)O. The molecule has 23 heavy (non-hydrogen) atoms. The van der Waals surface area contributed by atoms with E-state index < -0.39 is 17.8 Å². The Morgan fingerprint density at radius 1 is 1.17 bits per heavy atom. The van der Waals surface area contributed by atoms with Crippen molar-refractivity contribution in [3.63, 3.8) is 0 Å². The summed E-state index contributed by atoms with van der Waals surface area (Å²) in [6.45, 7) is 3.83. The van der Waals surface area contributed by atoms with Crippen molar-refractivity contribution < 1.29 is 27.7 Å². The average Bonchev–Trinajstić information content (AvgIpc) is 2.34. The van der Waals surface area contributed by atoms with Crippen molar-refractivity contribution in [2.75, 3.05) is 31.6 Å². The highest BCUT2D eigenvalue weighted by Crippen LogP contribution is 2.25. The Morgan fingerprint density at radius 3 is 2.26 bits per heavy atom. The van der Waals surface area contributed by atoms with Crippen LogP contribution in [0.4, 0.5) is 5.69 Å². The molecular weight excluding hydrogens is 345 g/mol. The van der Waals surface area contributed by atoms with Crippen molar-refractivity contribution in [1.29, 1.82) is 0 Å². The zero-order valence-electron chi connectivity index (χ0n) is 13.1. The normalized spacial score (nSPS) is 11.7. The van der Waals surface area contributed by atoms with Crippen molar-refractivity contribution in [3.8, 4) is 0 Å². The van der Waals surface area contributed by atoms with E-state index in [1.807, 2.05) is 19.1 Å². The Hall–Kier alpha value is -1.00. The van der Waals surface area contributed by atoms with Crippen LogP contribution in [0.1, 0.15) is 11.1 Å². The molecule has 0 heterocycles. The molecule has 0 amide bonds. The minimum absolute atomic E-state index is 0.405. The molecule has 0 saturated carbocycles. The number of anilines is 1. The number of aryl methyl sites for hydroxylation is 1. The maximum Gasteiger partial charge on any atom is 0.466 e. The number of hydrogen-bond acceptors (Lipinski definition) is 5. The fourth-order valence-corrected chi connectivity index (χ4v) is 2.10. The van der Waals surface area contributed by atoms with Gasteiger partial charge in [-0.3, -0.25) is 0 Å². The summed E-state index contributed by atoms with van der Waals surface area (Å²) in [5, 5.41) is 3.17. The van der Waals surface area contributed by atoms with E-state index in [0.29, 0.717) is 13.1 Å². The van der Waals surface area contributed by atoms with E-state index in [1.54, 1.807) is 0 Å². The van der Waals surface area contributed by atoms with Gasteiger partial charge in [0.2, 0.25) is 10.0 Å². The summed E-state index contributed by atoms with van der Waals surface area (Å²) in [5.74, 6) is 0. The zero-order valence-corrected chi connectivity index (χ0v) is 14.8. The average molecular weight is 369 g/mol. The summed E-state index contributed by atoms with van der Waals surface area (Å²) < 4.78 is 32.9. The summed E-state index contributed by atoms with van der Waals surface area (Å²) in [6, 6.07) is 5.98. The highest BCUT2D eigenvalue weighted by molar-refractivity contribution is 7.88. The second-order valence-electron chi connectivity index (χ2n) is 4.88. The van der Waals surface area contributed by atoms with Crippen LogP contribution in [0.15, 0.2) is 18.2 Å². The third-order valence-electron chi connectivity index (χ3n) is 2.54. The number of rotatable bonds is 7. The maximum atomic E-state index is 10.8. The van der Waals surface area contributed by atoms with E-state index in [9.17, 15) is 8.42 Å². The van der Waals surface area contributed by atoms with Crippen LogP contribution < -0.4 is 15.8 Å². The third-order valence-corrected chi connectivity index (χ3v) is 3.26. The van der Waals surface area contributed by atoms with Gasteiger partial charge in [0.05, 0.1) is 6.26 Å². The van der Waals surface area contributed by atoms with Crippen LogP contribution in [-0.4, -0.2) is 49.0 Å². The molecule has 0 unspecified atom stereocenters. The van der Waals surface area contributed by atoms with E-state index in [4.69, 9.17) is 25.0 Å². The minimum Gasteiger partial charge on any atom is -0.399 e. The Balaban J connectivity index is 0.000000841. The van der Waals surface area contributed by atoms with E-state index in [0.717, 1.165) is 30.5 Å². The molecular formula is C12H24N3O6PS. The van der Waals surface area contributed by atoms with E-state index >= 15 is 0 Å². The van der Waals surface area contributed by atoms with Gasteiger partial charge in [0.25, 0.3) is 0 Å². The predicted molar refractivity (Wildman–Crippen MR) is 89.3 cm³/mol. The van der Waals surface area contributed by atoms with Crippen molar-refractivity contribution in [3.05, 3.63) is 29.3 Å². The summed E-state index contributed by atoms with van der Waals surface area (Å²) in [6.07, 6.45) is 1.99. The summed E-state index contributed by atoms with van der Waals surface area (Å²) in [4.78, 5) is 21.6. The Bertz CT molecular complexity index is 623. The molecule has 11 heteroatoms. The first-order chi connectivity index (χ1) is 10.4. The lowest BCUT2D eigenvalue weighted by Crippen LogP contribution is -2.31. The molecule has 1 aromatic rings.